The second-order valence-electron chi connectivity index (χ2n) is 9.11. The van der Waals surface area contributed by atoms with Gasteiger partial charge in [-0.05, 0) is 80.5 Å². The molecule has 0 spiro atoms. The molecule has 2 aromatic rings. The quantitative estimate of drug-likeness (QED) is 0.615. The molecular formula is C23H26N5O6S-. The van der Waals surface area contributed by atoms with Crippen molar-refractivity contribution in [2.24, 2.45) is 0 Å². The van der Waals surface area contributed by atoms with Gasteiger partial charge in [0.2, 0.25) is 5.88 Å². The van der Waals surface area contributed by atoms with Gasteiger partial charge in [-0.15, -0.1) is 0 Å². The molecule has 5 rings (SSSR count). The van der Waals surface area contributed by atoms with Crippen molar-refractivity contribution >= 4 is 27.8 Å². The Balaban J connectivity index is 1.48. The third-order valence-corrected chi connectivity index (χ3v) is 8.60. The van der Waals surface area contributed by atoms with Gasteiger partial charge < -0.3 is 19.8 Å². The first-order valence-electron chi connectivity index (χ1n) is 11.8. The summed E-state index contributed by atoms with van der Waals surface area (Å²) in [6.45, 7) is 2.04. The van der Waals surface area contributed by atoms with Crippen LogP contribution in [0.15, 0.2) is 10.6 Å². The highest BCUT2D eigenvalue weighted by atomic mass is 32.2. The zero-order valence-electron chi connectivity index (χ0n) is 19.4. The number of rotatable bonds is 5. The average Bonchev–Trinajstić information content (AvgIpc) is 3.59. The Labute approximate surface area is 203 Å². The summed E-state index contributed by atoms with van der Waals surface area (Å²) in [5, 5.41) is 28.6. The van der Waals surface area contributed by atoms with Crippen LogP contribution in [0.25, 0.3) is 0 Å². The van der Waals surface area contributed by atoms with Gasteiger partial charge in [-0.2, -0.15) is 13.7 Å². The lowest BCUT2D eigenvalue weighted by atomic mass is 9.99. The van der Waals surface area contributed by atoms with E-state index < -0.39 is 26.8 Å². The molecule has 186 valence electrons. The van der Waals surface area contributed by atoms with E-state index in [1.54, 1.807) is 0 Å². The highest BCUT2D eigenvalue weighted by Gasteiger charge is 2.39. The molecule has 1 fully saturated rings. The maximum atomic E-state index is 13.5. The summed E-state index contributed by atoms with van der Waals surface area (Å²) in [6, 6.07) is 2.04. The van der Waals surface area contributed by atoms with Crippen LogP contribution in [-0.4, -0.2) is 43.3 Å². The van der Waals surface area contributed by atoms with Gasteiger partial charge in [-0.3, -0.25) is 4.47 Å². The zero-order chi connectivity index (χ0) is 24.7. The Kier molecular flexibility index (Phi) is 6.16. The molecule has 0 bridgehead atoms. The number of anilines is 2. The smallest absolute Gasteiger partial charge is 0.326 e. The molecule has 1 aromatic heterocycles. The maximum absolute atomic E-state index is 13.5. The first-order chi connectivity index (χ1) is 16.8. The fourth-order valence-corrected chi connectivity index (χ4v) is 6.70. The van der Waals surface area contributed by atoms with Crippen molar-refractivity contribution in [3.8, 4) is 6.07 Å². The first-order valence-corrected chi connectivity index (χ1v) is 13.2. The number of nitrogens with zero attached hydrogens (tertiary/aromatic N) is 4. The predicted octanol–water partition coefficient (Wildman–Crippen LogP) is 3.09. The molecule has 0 unspecified atom stereocenters. The van der Waals surface area contributed by atoms with Crippen LogP contribution in [0.4, 0.5) is 16.4 Å². The molecule has 0 radical (unpaired) electrons. The van der Waals surface area contributed by atoms with Crippen molar-refractivity contribution in [3.63, 3.8) is 0 Å². The van der Waals surface area contributed by atoms with Crippen molar-refractivity contribution in [2.75, 3.05) is 22.8 Å². The van der Waals surface area contributed by atoms with Crippen molar-refractivity contribution < 1.29 is 22.5 Å². The molecular weight excluding hydrogens is 474 g/mol. The average molecular weight is 501 g/mol. The fraction of sp³-hybridized carbons (Fsp3) is 0.522. The van der Waals surface area contributed by atoms with Gasteiger partial charge in [-0.1, -0.05) is 11.2 Å². The predicted molar refractivity (Wildman–Crippen MR) is 126 cm³/mol. The lowest BCUT2D eigenvalue weighted by molar-refractivity contribution is 0.0866. The van der Waals surface area contributed by atoms with Crippen LogP contribution in [0.5, 0.6) is 0 Å². The van der Waals surface area contributed by atoms with Crippen molar-refractivity contribution in [1.82, 2.24) is 9.63 Å². The summed E-state index contributed by atoms with van der Waals surface area (Å²) in [7, 11) is -4.92. The van der Waals surface area contributed by atoms with E-state index in [2.05, 4.69) is 16.5 Å². The van der Waals surface area contributed by atoms with Crippen molar-refractivity contribution in [3.05, 3.63) is 44.8 Å². The van der Waals surface area contributed by atoms with Crippen LogP contribution < -0.4 is 9.62 Å². The Morgan fingerprint density at radius 3 is 2.37 bits per heavy atom. The normalized spacial score (nSPS) is 17.5. The number of amides is 2. The number of fused-ring (bicyclic) bond motifs is 2. The van der Waals surface area contributed by atoms with Gasteiger partial charge in [0, 0.05) is 18.9 Å². The minimum atomic E-state index is -4.92. The highest BCUT2D eigenvalue weighted by Crippen LogP contribution is 2.39. The van der Waals surface area contributed by atoms with Crippen LogP contribution in [0.1, 0.15) is 59.2 Å². The molecule has 12 heteroatoms. The number of hydroxylamine groups is 1. The SMILES string of the molecule is Cc1c(C#N)noc1N(C1CCOCC1)S(=O)(=O)N([O-])C(=O)Nc1c2c(cc3c1CCC3)CCC2. The number of aromatic nitrogens is 1. The van der Waals surface area contributed by atoms with Crippen LogP contribution in [-0.2, 0) is 40.6 Å². The summed E-state index contributed by atoms with van der Waals surface area (Å²) < 4.78 is 37.9. The molecule has 2 amide bonds. The van der Waals surface area contributed by atoms with Gasteiger partial charge in [0.15, 0.2) is 5.69 Å². The second-order valence-corrected chi connectivity index (χ2v) is 10.7. The van der Waals surface area contributed by atoms with E-state index in [9.17, 15) is 23.7 Å². The summed E-state index contributed by atoms with van der Waals surface area (Å²) >= 11 is 0. The van der Waals surface area contributed by atoms with Crippen LogP contribution >= 0.6 is 0 Å². The van der Waals surface area contributed by atoms with E-state index in [4.69, 9.17) is 9.26 Å². The molecule has 35 heavy (non-hydrogen) atoms. The third-order valence-electron chi connectivity index (χ3n) is 7.06. The van der Waals surface area contributed by atoms with E-state index >= 15 is 0 Å². The van der Waals surface area contributed by atoms with E-state index in [-0.39, 0.29) is 43.2 Å². The van der Waals surface area contributed by atoms with Crippen LogP contribution in [0, 0.1) is 23.5 Å². The van der Waals surface area contributed by atoms with Gasteiger partial charge in [-0.25, -0.2) is 9.10 Å². The molecule has 11 nitrogen and oxygen atoms in total. The molecule has 0 atom stereocenters. The summed E-state index contributed by atoms with van der Waals surface area (Å²) in [5.41, 5.74) is 4.91. The number of aryl methyl sites for hydroxylation is 2. The van der Waals surface area contributed by atoms with E-state index in [1.165, 1.54) is 6.92 Å². The van der Waals surface area contributed by atoms with Gasteiger partial charge in [0.05, 0.1) is 11.6 Å². The van der Waals surface area contributed by atoms with Crippen LogP contribution in [0.3, 0.4) is 0 Å². The van der Waals surface area contributed by atoms with E-state index in [0.717, 1.165) is 65.1 Å². The fourth-order valence-electron chi connectivity index (χ4n) is 5.32. The largest absolute Gasteiger partial charge is 0.740 e. The Morgan fingerprint density at radius 2 is 1.80 bits per heavy atom. The number of benzene rings is 1. The lowest BCUT2D eigenvalue weighted by Crippen LogP contribution is -2.51. The number of hydrogen-bond acceptors (Lipinski definition) is 8. The summed E-state index contributed by atoms with van der Waals surface area (Å²) in [5.74, 6) is -0.247. The van der Waals surface area contributed by atoms with Crippen LogP contribution in [0.2, 0.25) is 0 Å². The zero-order valence-corrected chi connectivity index (χ0v) is 20.2. The monoisotopic (exact) mass is 500 g/mol. The molecule has 1 aliphatic heterocycles. The van der Waals surface area contributed by atoms with Gasteiger partial charge in [0.25, 0.3) is 0 Å². The number of urea groups is 1. The number of ether oxygens (including phenoxy) is 1. The van der Waals surface area contributed by atoms with Crippen molar-refractivity contribution in [1.29, 1.82) is 5.26 Å². The Hall–Kier alpha value is -3.14. The number of nitrogens with one attached hydrogen (secondary N) is 1. The van der Waals surface area contributed by atoms with Gasteiger partial charge >= 0.3 is 16.2 Å². The molecule has 3 aliphatic rings. The van der Waals surface area contributed by atoms with Gasteiger partial charge in [0.1, 0.15) is 6.07 Å². The lowest BCUT2D eigenvalue weighted by Gasteiger charge is -2.38. The number of carbonyl (C=O) groups excluding carboxylic acids is 1. The molecule has 1 aromatic carbocycles. The third kappa shape index (κ3) is 4.03. The summed E-state index contributed by atoms with van der Waals surface area (Å²) in [6.07, 6.45) is 5.81. The molecule has 2 heterocycles. The Morgan fingerprint density at radius 1 is 1.17 bits per heavy atom. The van der Waals surface area contributed by atoms with Crippen molar-refractivity contribution in [2.45, 2.75) is 64.3 Å². The number of carbonyl (C=O) groups is 1. The second kappa shape index (κ2) is 9.14. The molecule has 1 saturated heterocycles. The van der Waals surface area contributed by atoms with E-state index in [1.807, 2.05) is 6.07 Å². The Bertz CT molecular complexity index is 1280. The minimum absolute atomic E-state index is 0.0930. The molecule has 0 saturated carbocycles. The molecule has 1 N–H and O–H groups in total. The number of nitriles is 1. The maximum Gasteiger partial charge on any atom is 0.326 e. The topological polar surface area (TPSA) is 152 Å². The molecule has 2 aliphatic carbocycles. The standard InChI is InChI=1S/C23H26N5O6S/c1-14-20(13-24)26-34-22(14)27(17-8-10-33-11-9-17)35(31,32)28(30)23(29)25-21-18-6-2-4-15(18)12-16-5-3-7-19(16)21/h12,17H,2-11H2,1H3,(H,25,29)/q-1. The number of hydrogen-bond donors (Lipinski definition) is 1. The highest BCUT2D eigenvalue weighted by molar-refractivity contribution is 7.91. The summed E-state index contributed by atoms with van der Waals surface area (Å²) in [4.78, 5) is 13.1. The van der Waals surface area contributed by atoms with E-state index in [0.29, 0.717) is 5.69 Å². The minimum Gasteiger partial charge on any atom is -0.740 e. The first kappa shape index (κ1) is 23.6.